The Hall–Kier alpha value is -2.38. The SMILES string of the molecule is CCc1nnc(NC(=O)c2c3c(nc4ccccc24)CCN(CC)C3)s1. The number of pyridine rings is 1. The van der Waals surface area contributed by atoms with Gasteiger partial charge in [0, 0.05) is 36.2 Å². The number of aromatic nitrogens is 3. The first-order chi connectivity index (χ1) is 12.7. The number of carbonyl (C=O) groups is 1. The average Bonchev–Trinajstić information content (AvgIpc) is 3.13. The summed E-state index contributed by atoms with van der Waals surface area (Å²) in [5.41, 5.74) is 3.66. The first-order valence-electron chi connectivity index (χ1n) is 8.96. The van der Waals surface area contributed by atoms with E-state index in [1.165, 1.54) is 11.3 Å². The summed E-state index contributed by atoms with van der Waals surface area (Å²) >= 11 is 1.42. The van der Waals surface area contributed by atoms with E-state index < -0.39 is 0 Å². The van der Waals surface area contributed by atoms with Crippen molar-refractivity contribution in [2.75, 3.05) is 18.4 Å². The molecule has 0 saturated carbocycles. The number of anilines is 1. The molecule has 0 aliphatic carbocycles. The number of benzene rings is 1. The minimum absolute atomic E-state index is 0.128. The number of amides is 1. The van der Waals surface area contributed by atoms with Crippen molar-refractivity contribution in [1.82, 2.24) is 20.1 Å². The van der Waals surface area contributed by atoms with Crippen LogP contribution in [-0.4, -0.2) is 39.1 Å². The highest BCUT2D eigenvalue weighted by molar-refractivity contribution is 7.15. The van der Waals surface area contributed by atoms with Crippen molar-refractivity contribution in [3.05, 3.63) is 46.1 Å². The van der Waals surface area contributed by atoms with Crippen LogP contribution < -0.4 is 5.32 Å². The Morgan fingerprint density at radius 2 is 2.12 bits per heavy atom. The van der Waals surface area contributed by atoms with Crippen LogP contribution in [0.5, 0.6) is 0 Å². The van der Waals surface area contributed by atoms with Crippen molar-refractivity contribution in [2.24, 2.45) is 0 Å². The fourth-order valence-corrected chi connectivity index (χ4v) is 4.06. The second kappa shape index (κ2) is 7.09. The van der Waals surface area contributed by atoms with E-state index in [1.54, 1.807) is 0 Å². The van der Waals surface area contributed by atoms with Crippen LogP contribution in [0.4, 0.5) is 5.13 Å². The molecule has 0 unspecified atom stereocenters. The zero-order valence-corrected chi connectivity index (χ0v) is 15.8. The van der Waals surface area contributed by atoms with Crippen molar-refractivity contribution in [3.8, 4) is 0 Å². The molecule has 1 N–H and O–H groups in total. The predicted octanol–water partition coefficient (Wildman–Crippen LogP) is 3.28. The molecule has 0 bridgehead atoms. The lowest BCUT2D eigenvalue weighted by atomic mass is 9.95. The number of likely N-dealkylation sites (N-methyl/N-ethyl adjacent to an activating group) is 1. The number of hydrogen-bond donors (Lipinski definition) is 1. The molecular formula is C19H21N5OS. The van der Waals surface area contributed by atoms with Gasteiger partial charge in [-0.05, 0) is 19.0 Å². The fourth-order valence-electron chi connectivity index (χ4n) is 3.38. The maximum absolute atomic E-state index is 13.2. The summed E-state index contributed by atoms with van der Waals surface area (Å²) in [7, 11) is 0. The highest BCUT2D eigenvalue weighted by Gasteiger charge is 2.25. The molecule has 1 aliphatic rings. The molecule has 134 valence electrons. The summed E-state index contributed by atoms with van der Waals surface area (Å²) in [5.74, 6) is -0.128. The van der Waals surface area contributed by atoms with Crippen LogP contribution in [-0.2, 0) is 19.4 Å². The first-order valence-corrected chi connectivity index (χ1v) is 9.77. The van der Waals surface area contributed by atoms with Crippen LogP contribution in [0, 0.1) is 0 Å². The monoisotopic (exact) mass is 367 g/mol. The summed E-state index contributed by atoms with van der Waals surface area (Å²) < 4.78 is 0. The van der Waals surface area contributed by atoms with E-state index in [0.717, 1.165) is 65.2 Å². The normalized spacial score (nSPS) is 14.4. The van der Waals surface area contributed by atoms with Crippen LogP contribution in [0.15, 0.2) is 24.3 Å². The lowest BCUT2D eigenvalue weighted by Crippen LogP contribution is -2.33. The number of nitrogens with zero attached hydrogens (tertiary/aromatic N) is 4. The molecule has 4 rings (SSSR count). The largest absolute Gasteiger partial charge is 0.299 e. The molecule has 0 radical (unpaired) electrons. The van der Waals surface area contributed by atoms with E-state index in [2.05, 4.69) is 27.3 Å². The van der Waals surface area contributed by atoms with E-state index in [1.807, 2.05) is 31.2 Å². The number of carbonyl (C=O) groups excluding carboxylic acids is 1. The molecule has 6 nitrogen and oxygen atoms in total. The Kier molecular flexibility index (Phi) is 4.65. The molecule has 26 heavy (non-hydrogen) atoms. The first kappa shape index (κ1) is 17.1. The minimum atomic E-state index is -0.128. The summed E-state index contributed by atoms with van der Waals surface area (Å²) in [4.78, 5) is 20.3. The molecule has 7 heteroatoms. The lowest BCUT2D eigenvalue weighted by molar-refractivity contribution is 0.102. The molecule has 0 spiro atoms. The Morgan fingerprint density at radius 1 is 1.27 bits per heavy atom. The van der Waals surface area contributed by atoms with Crippen molar-refractivity contribution in [2.45, 2.75) is 33.2 Å². The van der Waals surface area contributed by atoms with Gasteiger partial charge in [0.05, 0.1) is 11.1 Å². The molecule has 3 heterocycles. The molecule has 0 atom stereocenters. The van der Waals surface area contributed by atoms with Gasteiger partial charge < -0.3 is 0 Å². The van der Waals surface area contributed by atoms with Gasteiger partial charge in [-0.2, -0.15) is 0 Å². The molecule has 3 aromatic rings. The van der Waals surface area contributed by atoms with Crippen LogP contribution in [0.3, 0.4) is 0 Å². The zero-order valence-electron chi connectivity index (χ0n) is 15.0. The summed E-state index contributed by atoms with van der Waals surface area (Å²) in [6, 6.07) is 7.86. The minimum Gasteiger partial charge on any atom is -0.299 e. The van der Waals surface area contributed by atoms with Gasteiger partial charge >= 0.3 is 0 Å². The summed E-state index contributed by atoms with van der Waals surface area (Å²) in [6.45, 7) is 6.86. The van der Waals surface area contributed by atoms with Crippen LogP contribution in [0.2, 0.25) is 0 Å². The Balaban J connectivity index is 1.80. The lowest BCUT2D eigenvalue weighted by Gasteiger charge is -2.29. The van der Waals surface area contributed by atoms with Crippen molar-refractivity contribution < 1.29 is 4.79 Å². The number of nitrogens with one attached hydrogen (secondary N) is 1. The van der Waals surface area contributed by atoms with E-state index in [4.69, 9.17) is 4.98 Å². The molecule has 0 fully saturated rings. The molecule has 0 saturated heterocycles. The van der Waals surface area contributed by atoms with Gasteiger partial charge in [0.2, 0.25) is 5.13 Å². The number of rotatable bonds is 4. The summed E-state index contributed by atoms with van der Waals surface area (Å²) in [6.07, 6.45) is 1.68. The highest BCUT2D eigenvalue weighted by atomic mass is 32.1. The van der Waals surface area contributed by atoms with Gasteiger partial charge in [-0.3, -0.25) is 20.0 Å². The Labute approximate surface area is 156 Å². The van der Waals surface area contributed by atoms with E-state index in [0.29, 0.717) is 5.13 Å². The Morgan fingerprint density at radius 3 is 2.88 bits per heavy atom. The van der Waals surface area contributed by atoms with Gasteiger partial charge in [0.15, 0.2) is 0 Å². The zero-order chi connectivity index (χ0) is 18.1. The topological polar surface area (TPSA) is 71.0 Å². The quantitative estimate of drug-likeness (QED) is 0.766. The van der Waals surface area contributed by atoms with Crippen LogP contribution >= 0.6 is 11.3 Å². The third-order valence-corrected chi connectivity index (χ3v) is 5.77. The molecular weight excluding hydrogens is 346 g/mol. The second-order valence-electron chi connectivity index (χ2n) is 6.36. The standard InChI is InChI=1S/C19H21N5OS/c1-3-16-22-23-19(26-16)21-18(25)17-12-7-5-6-8-14(12)20-15-9-10-24(4-2)11-13(15)17/h5-8H,3-4,9-11H2,1-2H3,(H,21,23,25). The number of para-hydroxylation sites is 1. The van der Waals surface area contributed by atoms with Crippen molar-refractivity contribution in [1.29, 1.82) is 0 Å². The average molecular weight is 367 g/mol. The van der Waals surface area contributed by atoms with E-state index in [9.17, 15) is 4.79 Å². The van der Waals surface area contributed by atoms with Gasteiger partial charge in [-0.25, -0.2) is 0 Å². The van der Waals surface area contributed by atoms with Gasteiger partial charge in [-0.15, -0.1) is 10.2 Å². The van der Waals surface area contributed by atoms with Gasteiger partial charge in [0.1, 0.15) is 5.01 Å². The maximum atomic E-state index is 13.2. The van der Waals surface area contributed by atoms with Crippen molar-refractivity contribution >= 4 is 33.3 Å². The summed E-state index contributed by atoms with van der Waals surface area (Å²) in [5, 5.41) is 13.5. The number of aryl methyl sites for hydroxylation is 1. The van der Waals surface area contributed by atoms with Crippen LogP contribution in [0.1, 0.15) is 40.5 Å². The third kappa shape index (κ3) is 3.08. The fraction of sp³-hybridized carbons (Fsp3) is 0.368. The molecule has 1 aromatic carbocycles. The highest BCUT2D eigenvalue weighted by Crippen LogP contribution is 2.29. The maximum Gasteiger partial charge on any atom is 0.258 e. The van der Waals surface area contributed by atoms with Crippen LogP contribution in [0.25, 0.3) is 10.9 Å². The van der Waals surface area contributed by atoms with Gasteiger partial charge in [0.25, 0.3) is 5.91 Å². The number of hydrogen-bond acceptors (Lipinski definition) is 6. The van der Waals surface area contributed by atoms with E-state index >= 15 is 0 Å². The Bertz CT molecular complexity index is 968. The second-order valence-corrected chi connectivity index (χ2v) is 7.42. The number of fused-ring (bicyclic) bond motifs is 2. The third-order valence-electron chi connectivity index (χ3n) is 4.79. The van der Waals surface area contributed by atoms with Gasteiger partial charge in [-0.1, -0.05) is 43.4 Å². The van der Waals surface area contributed by atoms with Crippen molar-refractivity contribution in [3.63, 3.8) is 0 Å². The molecule has 1 amide bonds. The smallest absolute Gasteiger partial charge is 0.258 e. The van der Waals surface area contributed by atoms with E-state index in [-0.39, 0.29) is 5.91 Å². The molecule has 1 aliphatic heterocycles. The molecule has 2 aromatic heterocycles. The predicted molar refractivity (Wildman–Crippen MR) is 104 cm³/mol.